The number of hydrogen-bond donors (Lipinski definition) is 1. The van der Waals surface area contributed by atoms with Crippen LogP contribution >= 0.6 is 0 Å². The molecule has 0 aliphatic heterocycles. The van der Waals surface area contributed by atoms with E-state index >= 15 is 0 Å². The molecule has 0 spiro atoms. The molecule has 1 fully saturated rings. The maximum atomic E-state index is 11.8. The first-order valence-corrected chi connectivity index (χ1v) is 8.25. The molecule has 20 heavy (non-hydrogen) atoms. The molecule has 1 aliphatic rings. The fraction of sp³-hybridized carbons (Fsp3) is 0.938. The van der Waals surface area contributed by atoms with E-state index in [9.17, 15) is 4.79 Å². The second-order valence-corrected chi connectivity index (χ2v) is 5.90. The van der Waals surface area contributed by atoms with Gasteiger partial charge >= 0.3 is 5.97 Å². The summed E-state index contributed by atoms with van der Waals surface area (Å²) in [6.07, 6.45) is 6.22. The van der Waals surface area contributed by atoms with Crippen molar-refractivity contribution in [3.05, 3.63) is 0 Å². The number of likely N-dealkylation sites (N-methyl/N-ethyl adjacent to an activating group) is 1. The Morgan fingerprint density at radius 2 is 2.05 bits per heavy atom. The third-order valence-corrected chi connectivity index (χ3v) is 4.58. The van der Waals surface area contributed by atoms with E-state index in [2.05, 4.69) is 18.7 Å². The maximum Gasteiger partial charge on any atom is 0.320 e. The first-order valence-electron chi connectivity index (χ1n) is 8.25. The van der Waals surface area contributed by atoms with Gasteiger partial charge in [0.05, 0.1) is 13.2 Å². The van der Waals surface area contributed by atoms with Crippen molar-refractivity contribution in [2.45, 2.75) is 58.9 Å². The van der Waals surface area contributed by atoms with E-state index in [1.807, 2.05) is 6.92 Å². The third-order valence-electron chi connectivity index (χ3n) is 4.58. The van der Waals surface area contributed by atoms with Crippen LogP contribution in [0.5, 0.6) is 0 Å². The molecule has 4 nitrogen and oxygen atoms in total. The second-order valence-electron chi connectivity index (χ2n) is 5.90. The topological polar surface area (TPSA) is 55.6 Å². The van der Waals surface area contributed by atoms with Crippen LogP contribution in [-0.2, 0) is 9.53 Å². The molecule has 3 unspecified atom stereocenters. The Balaban J connectivity index is 2.66. The summed E-state index contributed by atoms with van der Waals surface area (Å²) >= 11 is 0. The summed E-state index contributed by atoms with van der Waals surface area (Å²) in [7, 11) is 0. The number of carbonyl (C=O) groups excluding carboxylic acids is 1. The van der Waals surface area contributed by atoms with Crippen LogP contribution in [0.3, 0.4) is 0 Å². The number of nitrogens with two attached hydrogens (primary N) is 1. The summed E-state index contributed by atoms with van der Waals surface area (Å²) < 4.78 is 5.10. The number of esters is 1. The van der Waals surface area contributed by atoms with Crippen molar-refractivity contribution in [2.75, 3.05) is 26.2 Å². The molecule has 0 aromatic carbocycles. The predicted octanol–water partition coefficient (Wildman–Crippen LogP) is 2.42. The van der Waals surface area contributed by atoms with Gasteiger partial charge in [0.25, 0.3) is 0 Å². The predicted molar refractivity (Wildman–Crippen MR) is 82.5 cm³/mol. The van der Waals surface area contributed by atoms with Gasteiger partial charge in [-0.15, -0.1) is 0 Å². The fourth-order valence-electron chi connectivity index (χ4n) is 3.52. The lowest BCUT2D eigenvalue weighted by atomic mass is 9.76. The van der Waals surface area contributed by atoms with Crippen LogP contribution in [0, 0.1) is 11.8 Å². The summed E-state index contributed by atoms with van der Waals surface area (Å²) in [5.74, 6) is 1.21. The molecule has 0 radical (unpaired) electrons. The standard InChI is InChI=1S/C16H32N2O2/c1-4-7-13-8-9-14(11-17)15(10-13)18(5-2)12-16(19)20-6-3/h13-15H,4-12,17H2,1-3H3. The average Bonchev–Trinajstić information content (AvgIpc) is 2.45. The normalized spacial score (nSPS) is 26.8. The Hall–Kier alpha value is -0.610. The Morgan fingerprint density at radius 3 is 2.60 bits per heavy atom. The third kappa shape index (κ3) is 5.06. The van der Waals surface area contributed by atoms with Crippen molar-refractivity contribution < 1.29 is 9.53 Å². The van der Waals surface area contributed by atoms with E-state index in [1.54, 1.807) is 0 Å². The lowest BCUT2D eigenvalue weighted by molar-refractivity contribution is -0.145. The molecule has 3 atom stereocenters. The zero-order valence-corrected chi connectivity index (χ0v) is 13.4. The minimum atomic E-state index is -0.109. The molecule has 0 saturated heterocycles. The molecule has 0 bridgehead atoms. The van der Waals surface area contributed by atoms with Gasteiger partial charge in [-0.2, -0.15) is 0 Å². The van der Waals surface area contributed by atoms with Gasteiger partial charge in [0.2, 0.25) is 0 Å². The Bertz CT molecular complexity index is 284. The van der Waals surface area contributed by atoms with E-state index in [-0.39, 0.29) is 5.97 Å². The summed E-state index contributed by atoms with van der Waals surface area (Å²) in [5, 5.41) is 0. The van der Waals surface area contributed by atoms with Gasteiger partial charge in [-0.1, -0.05) is 33.1 Å². The molecule has 4 heteroatoms. The van der Waals surface area contributed by atoms with Crippen LogP contribution < -0.4 is 5.73 Å². The lowest BCUT2D eigenvalue weighted by Gasteiger charge is -2.42. The Labute approximate surface area is 124 Å². The highest BCUT2D eigenvalue weighted by molar-refractivity contribution is 5.71. The Kier molecular flexibility index (Phi) is 8.15. The zero-order chi connectivity index (χ0) is 15.0. The van der Waals surface area contributed by atoms with Gasteiger partial charge in [0.1, 0.15) is 0 Å². The van der Waals surface area contributed by atoms with E-state index in [4.69, 9.17) is 10.5 Å². The van der Waals surface area contributed by atoms with Crippen molar-refractivity contribution in [3.8, 4) is 0 Å². The summed E-state index contributed by atoms with van der Waals surface area (Å²) in [6, 6.07) is 0.444. The number of carbonyl (C=O) groups is 1. The molecule has 0 amide bonds. The van der Waals surface area contributed by atoms with Gasteiger partial charge in [0, 0.05) is 6.04 Å². The summed E-state index contributed by atoms with van der Waals surface area (Å²) in [6.45, 7) is 8.71. The minimum absolute atomic E-state index is 0.109. The smallest absolute Gasteiger partial charge is 0.320 e. The van der Waals surface area contributed by atoms with Crippen molar-refractivity contribution in [1.29, 1.82) is 0 Å². The molecular formula is C16H32N2O2. The van der Waals surface area contributed by atoms with Crippen LogP contribution in [0.15, 0.2) is 0 Å². The van der Waals surface area contributed by atoms with E-state index < -0.39 is 0 Å². The highest BCUT2D eigenvalue weighted by Crippen LogP contribution is 2.34. The highest BCUT2D eigenvalue weighted by Gasteiger charge is 2.33. The van der Waals surface area contributed by atoms with E-state index in [1.165, 1.54) is 32.1 Å². The Morgan fingerprint density at radius 1 is 1.30 bits per heavy atom. The largest absolute Gasteiger partial charge is 0.465 e. The van der Waals surface area contributed by atoms with Crippen molar-refractivity contribution in [3.63, 3.8) is 0 Å². The highest BCUT2D eigenvalue weighted by atomic mass is 16.5. The molecule has 1 saturated carbocycles. The van der Waals surface area contributed by atoms with Gasteiger partial charge in [-0.25, -0.2) is 0 Å². The first-order chi connectivity index (χ1) is 9.65. The molecule has 1 rings (SSSR count). The van der Waals surface area contributed by atoms with Crippen molar-refractivity contribution in [2.24, 2.45) is 17.6 Å². The van der Waals surface area contributed by atoms with Gasteiger partial charge in [-0.3, -0.25) is 9.69 Å². The van der Waals surface area contributed by atoms with Crippen molar-refractivity contribution >= 4 is 5.97 Å². The molecule has 0 heterocycles. The minimum Gasteiger partial charge on any atom is -0.465 e. The molecule has 1 aliphatic carbocycles. The van der Waals surface area contributed by atoms with Crippen LogP contribution in [0.4, 0.5) is 0 Å². The van der Waals surface area contributed by atoms with Crippen molar-refractivity contribution in [1.82, 2.24) is 4.90 Å². The maximum absolute atomic E-state index is 11.8. The van der Waals surface area contributed by atoms with E-state index in [0.717, 1.165) is 19.0 Å². The summed E-state index contributed by atoms with van der Waals surface area (Å²) in [4.78, 5) is 14.0. The number of nitrogens with zero attached hydrogens (tertiary/aromatic N) is 1. The van der Waals surface area contributed by atoms with Crippen LogP contribution in [0.1, 0.15) is 52.9 Å². The second kappa shape index (κ2) is 9.35. The number of hydrogen-bond acceptors (Lipinski definition) is 4. The number of rotatable bonds is 8. The molecule has 2 N–H and O–H groups in total. The number of ether oxygens (including phenoxy) is 1. The summed E-state index contributed by atoms with van der Waals surface area (Å²) in [5.41, 5.74) is 5.95. The molecule has 118 valence electrons. The molecule has 0 aromatic rings. The first kappa shape index (κ1) is 17.4. The fourth-order valence-corrected chi connectivity index (χ4v) is 3.52. The average molecular weight is 284 g/mol. The molecular weight excluding hydrogens is 252 g/mol. The van der Waals surface area contributed by atoms with Crippen LogP contribution in [-0.4, -0.2) is 43.2 Å². The van der Waals surface area contributed by atoms with Gasteiger partial charge < -0.3 is 10.5 Å². The molecule has 0 aromatic heterocycles. The van der Waals surface area contributed by atoms with Gasteiger partial charge in [0.15, 0.2) is 0 Å². The van der Waals surface area contributed by atoms with E-state index in [0.29, 0.717) is 25.1 Å². The quantitative estimate of drug-likeness (QED) is 0.695. The SMILES string of the molecule is CCCC1CCC(CN)C(N(CC)CC(=O)OCC)C1. The van der Waals surface area contributed by atoms with Crippen LogP contribution in [0.25, 0.3) is 0 Å². The lowest BCUT2D eigenvalue weighted by Crippen LogP contribution is -2.48. The monoisotopic (exact) mass is 284 g/mol. The zero-order valence-electron chi connectivity index (χ0n) is 13.4. The van der Waals surface area contributed by atoms with Crippen LogP contribution in [0.2, 0.25) is 0 Å². The van der Waals surface area contributed by atoms with Gasteiger partial charge in [-0.05, 0) is 44.7 Å².